The largest absolute Gasteiger partial charge is 0.377 e. The highest BCUT2D eigenvalue weighted by Gasteiger charge is 2.28. The van der Waals surface area contributed by atoms with Crippen molar-refractivity contribution >= 4 is 18.3 Å². The number of carbonyl (C=O) groups excluding carboxylic acids is 1. The maximum absolute atomic E-state index is 12.6. The quantitative estimate of drug-likeness (QED) is 0.895. The zero-order chi connectivity index (χ0) is 15.2. The molecule has 1 aromatic rings. The van der Waals surface area contributed by atoms with Crippen LogP contribution >= 0.6 is 12.4 Å². The van der Waals surface area contributed by atoms with Crippen LogP contribution in [0.15, 0.2) is 30.3 Å². The van der Waals surface area contributed by atoms with E-state index in [-0.39, 0.29) is 18.4 Å². The van der Waals surface area contributed by atoms with Gasteiger partial charge < -0.3 is 15.0 Å². The number of ether oxygens (including phenoxy) is 1. The molecule has 3 rings (SSSR count). The molecule has 2 heterocycles. The molecule has 2 saturated heterocycles. The Morgan fingerprint density at radius 1 is 1.30 bits per heavy atom. The molecule has 128 valence electrons. The molecule has 0 spiro atoms. The Morgan fingerprint density at radius 3 is 2.87 bits per heavy atom. The van der Waals surface area contributed by atoms with Gasteiger partial charge in [0, 0.05) is 13.0 Å². The van der Waals surface area contributed by atoms with Gasteiger partial charge in [0.05, 0.1) is 19.3 Å². The molecule has 0 bridgehead atoms. The second-order valence-electron chi connectivity index (χ2n) is 6.40. The van der Waals surface area contributed by atoms with E-state index in [9.17, 15) is 4.79 Å². The normalized spacial score (nSPS) is 24.3. The first kappa shape index (κ1) is 18.2. The van der Waals surface area contributed by atoms with Gasteiger partial charge in [0.15, 0.2) is 0 Å². The molecule has 4 nitrogen and oxygen atoms in total. The van der Waals surface area contributed by atoms with Gasteiger partial charge in [0.2, 0.25) is 5.91 Å². The van der Waals surface area contributed by atoms with E-state index in [1.807, 2.05) is 6.07 Å². The predicted octanol–water partition coefficient (Wildman–Crippen LogP) is 2.27. The lowest BCUT2D eigenvalue weighted by atomic mass is 10.0. The summed E-state index contributed by atoms with van der Waals surface area (Å²) < 4.78 is 5.61. The first-order valence-electron chi connectivity index (χ1n) is 8.45. The first-order valence-corrected chi connectivity index (χ1v) is 8.45. The molecule has 2 aliphatic rings. The average molecular weight is 339 g/mol. The molecule has 0 radical (unpaired) electrons. The van der Waals surface area contributed by atoms with E-state index < -0.39 is 0 Å². The second kappa shape index (κ2) is 9.26. The molecule has 5 heteroatoms. The fourth-order valence-corrected chi connectivity index (χ4v) is 3.47. The van der Waals surface area contributed by atoms with E-state index in [1.54, 1.807) is 0 Å². The Hall–Kier alpha value is -1.10. The molecule has 0 saturated carbocycles. The van der Waals surface area contributed by atoms with Crippen LogP contribution in [-0.2, 0) is 16.0 Å². The monoisotopic (exact) mass is 338 g/mol. The zero-order valence-corrected chi connectivity index (χ0v) is 14.4. The number of rotatable bonds is 5. The maximum Gasteiger partial charge on any atom is 0.222 e. The van der Waals surface area contributed by atoms with Crippen LogP contribution in [0.1, 0.15) is 24.8 Å². The van der Waals surface area contributed by atoms with E-state index in [1.165, 1.54) is 12.0 Å². The topological polar surface area (TPSA) is 41.6 Å². The lowest BCUT2D eigenvalue weighted by Gasteiger charge is -2.36. The molecule has 0 aromatic heterocycles. The summed E-state index contributed by atoms with van der Waals surface area (Å²) in [6.45, 7) is 4.24. The third-order valence-electron chi connectivity index (χ3n) is 4.79. The molecule has 2 aliphatic heterocycles. The maximum atomic E-state index is 12.6. The molecular weight excluding hydrogens is 312 g/mol. The SMILES string of the molecule is Cl.O=C(CCC1CCNC1)N1CCOCC1Cc1ccccc1. The van der Waals surface area contributed by atoms with E-state index >= 15 is 0 Å². The number of hydrogen-bond acceptors (Lipinski definition) is 3. The Balaban J connectivity index is 0.00000192. The van der Waals surface area contributed by atoms with Gasteiger partial charge >= 0.3 is 0 Å². The summed E-state index contributed by atoms with van der Waals surface area (Å²) in [5.41, 5.74) is 1.27. The Bertz CT molecular complexity index is 477. The van der Waals surface area contributed by atoms with E-state index in [2.05, 4.69) is 34.5 Å². The number of benzene rings is 1. The number of nitrogens with one attached hydrogen (secondary N) is 1. The van der Waals surface area contributed by atoms with Crippen LogP contribution in [0.2, 0.25) is 0 Å². The fourth-order valence-electron chi connectivity index (χ4n) is 3.47. The predicted molar refractivity (Wildman–Crippen MR) is 93.9 cm³/mol. The van der Waals surface area contributed by atoms with Crippen LogP contribution in [0.25, 0.3) is 0 Å². The van der Waals surface area contributed by atoms with E-state index in [0.29, 0.717) is 31.5 Å². The smallest absolute Gasteiger partial charge is 0.222 e. The highest BCUT2D eigenvalue weighted by atomic mass is 35.5. The van der Waals surface area contributed by atoms with Crippen LogP contribution in [0.5, 0.6) is 0 Å². The summed E-state index contributed by atoms with van der Waals surface area (Å²) in [6, 6.07) is 10.6. The number of nitrogens with zero attached hydrogens (tertiary/aromatic N) is 1. The highest BCUT2D eigenvalue weighted by molar-refractivity contribution is 5.85. The van der Waals surface area contributed by atoms with Gasteiger partial charge in [-0.05, 0) is 43.8 Å². The van der Waals surface area contributed by atoms with Crippen molar-refractivity contribution in [2.75, 3.05) is 32.8 Å². The zero-order valence-electron chi connectivity index (χ0n) is 13.6. The van der Waals surface area contributed by atoms with Gasteiger partial charge in [-0.15, -0.1) is 12.4 Å². The van der Waals surface area contributed by atoms with Crippen molar-refractivity contribution in [2.45, 2.75) is 31.7 Å². The van der Waals surface area contributed by atoms with Gasteiger partial charge in [0.1, 0.15) is 0 Å². The number of carbonyl (C=O) groups is 1. The molecule has 2 fully saturated rings. The van der Waals surface area contributed by atoms with Crippen LogP contribution in [0, 0.1) is 5.92 Å². The summed E-state index contributed by atoms with van der Waals surface area (Å²) in [7, 11) is 0. The number of morpholine rings is 1. The third kappa shape index (κ3) is 5.20. The van der Waals surface area contributed by atoms with Gasteiger partial charge in [0.25, 0.3) is 0 Å². The first-order chi connectivity index (χ1) is 10.8. The average Bonchev–Trinajstić information content (AvgIpc) is 3.08. The second-order valence-corrected chi connectivity index (χ2v) is 6.40. The molecule has 1 N–H and O–H groups in total. The summed E-state index contributed by atoms with van der Waals surface area (Å²) in [4.78, 5) is 14.7. The molecular formula is C18H27ClN2O2. The minimum atomic E-state index is 0. The van der Waals surface area contributed by atoms with Crippen LogP contribution in [0.4, 0.5) is 0 Å². The molecule has 1 amide bonds. The number of halogens is 1. The lowest BCUT2D eigenvalue weighted by Crippen LogP contribution is -2.49. The minimum absolute atomic E-state index is 0. The molecule has 1 aromatic carbocycles. The number of amides is 1. The van der Waals surface area contributed by atoms with E-state index in [4.69, 9.17) is 4.74 Å². The van der Waals surface area contributed by atoms with Crippen molar-refractivity contribution < 1.29 is 9.53 Å². The number of hydrogen-bond donors (Lipinski definition) is 1. The Labute approximate surface area is 145 Å². The van der Waals surface area contributed by atoms with Crippen LogP contribution in [0.3, 0.4) is 0 Å². The Kier molecular flexibility index (Phi) is 7.34. The van der Waals surface area contributed by atoms with Crippen molar-refractivity contribution in [3.63, 3.8) is 0 Å². The molecule has 2 atom stereocenters. The van der Waals surface area contributed by atoms with Gasteiger partial charge in [-0.3, -0.25) is 4.79 Å². The molecule has 2 unspecified atom stereocenters. The van der Waals surface area contributed by atoms with Gasteiger partial charge in [-0.1, -0.05) is 30.3 Å². The third-order valence-corrected chi connectivity index (χ3v) is 4.79. The van der Waals surface area contributed by atoms with Crippen molar-refractivity contribution in [3.05, 3.63) is 35.9 Å². The van der Waals surface area contributed by atoms with Gasteiger partial charge in [-0.2, -0.15) is 0 Å². The van der Waals surface area contributed by atoms with Crippen LogP contribution < -0.4 is 5.32 Å². The highest BCUT2D eigenvalue weighted by Crippen LogP contribution is 2.19. The van der Waals surface area contributed by atoms with Gasteiger partial charge in [-0.25, -0.2) is 0 Å². The molecule has 23 heavy (non-hydrogen) atoms. The van der Waals surface area contributed by atoms with Crippen molar-refractivity contribution in [1.29, 1.82) is 0 Å². The lowest BCUT2D eigenvalue weighted by molar-refractivity contribution is -0.140. The standard InChI is InChI=1S/C18H26N2O2.ClH/c21-18(7-6-16-8-9-19-13-16)20-10-11-22-14-17(20)12-15-4-2-1-3-5-15;/h1-5,16-17,19H,6-14H2;1H. The summed E-state index contributed by atoms with van der Waals surface area (Å²) in [5, 5.41) is 3.37. The summed E-state index contributed by atoms with van der Waals surface area (Å²) in [5.74, 6) is 0.980. The van der Waals surface area contributed by atoms with Crippen molar-refractivity contribution in [3.8, 4) is 0 Å². The summed E-state index contributed by atoms with van der Waals surface area (Å²) >= 11 is 0. The van der Waals surface area contributed by atoms with Crippen molar-refractivity contribution in [2.24, 2.45) is 5.92 Å². The fraction of sp³-hybridized carbons (Fsp3) is 0.611. The van der Waals surface area contributed by atoms with Crippen LogP contribution in [-0.4, -0.2) is 49.7 Å². The summed E-state index contributed by atoms with van der Waals surface area (Å²) in [6.07, 6.45) is 3.79. The van der Waals surface area contributed by atoms with Crippen molar-refractivity contribution in [1.82, 2.24) is 10.2 Å². The minimum Gasteiger partial charge on any atom is -0.377 e. The molecule has 0 aliphatic carbocycles. The Morgan fingerprint density at radius 2 is 2.13 bits per heavy atom. The van der Waals surface area contributed by atoms with E-state index in [0.717, 1.165) is 32.5 Å².